The van der Waals surface area contributed by atoms with Crippen LogP contribution in [0.2, 0.25) is 0 Å². The largest absolute Gasteiger partial charge is 0.340 e. The molecule has 1 aromatic rings. The predicted molar refractivity (Wildman–Crippen MR) is 66.0 cm³/mol. The van der Waals surface area contributed by atoms with Gasteiger partial charge in [-0.2, -0.15) is 0 Å². The van der Waals surface area contributed by atoms with Crippen LogP contribution in [0.25, 0.3) is 0 Å². The third-order valence-electron chi connectivity index (χ3n) is 3.03. The van der Waals surface area contributed by atoms with Crippen LogP contribution in [0.5, 0.6) is 0 Å². The van der Waals surface area contributed by atoms with Crippen molar-refractivity contribution in [3.63, 3.8) is 0 Å². The summed E-state index contributed by atoms with van der Waals surface area (Å²) >= 11 is 0. The van der Waals surface area contributed by atoms with Crippen molar-refractivity contribution in [3.8, 4) is 0 Å². The lowest BCUT2D eigenvalue weighted by atomic mass is 10.1. The van der Waals surface area contributed by atoms with E-state index in [1.165, 1.54) is 0 Å². The molecule has 1 heterocycles. The molecule has 0 saturated heterocycles. The van der Waals surface area contributed by atoms with E-state index in [1.54, 1.807) is 11.0 Å². The maximum atomic E-state index is 12.2. The summed E-state index contributed by atoms with van der Waals surface area (Å²) in [6.45, 7) is 4.38. The lowest BCUT2D eigenvalue weighted by Crippen LogP contribution is -2.45. The zero-order valence-corrected chi connectivity index (χ0v) is 10.1. The van der Waals surface area contributed by atoms with Crippen molar-refractivity contribution < 1.29 is 9.59 Å². The summed E-state index contributed by atoms with van der Waals surface area (Å²) in [5, 5.41) is 2.77. The van der Waals surface area contributed by atoms with Gasteiger partial charge >= 0.3 is 0 Å². The molecule has 0 spiro atoms. The lowest BCUT2D eigenvalue weighted by molar-refractivity contribution is -0.120. The summed E-state index contributed by atoms with van der Waals surface area (Å²) in [6, 6.07) is 6.79. The normalized spacial score (nSPS) is 19.6. The molecule has 1 atom stereocenters. The molecular formula is C13H16N2O2. The Morgan fingerprint density at radius 3 is 2.59 bits per heavy atom. The molecule has 1 aromatic carbocycles. The zero-order chi connectivity index (χ0) is 12.4. The van der Waals surface area contributed by atoms with Crippen molar-refractivity contribution in [2.75, 3.05) is 11.4 Å². The highest BCUT2D eigenvalue weighted by atomic mass is 16.2. The highest BCUT2D eigenvalue weighted by Crippen LogP contribution is 2.24. The van der Waals surface area contributed by atoms with Gasteiger partial charge in [0.05, 0.1) is 11.3 Å². The molecule has 1 N–H and O–H groups in total. The number of para-hydroxylation sites is 1. The molecule has 0 radical (unpaired) electrons. The average Bonchev–Trinajstić information content (AvgIpc) is 2.46. The highest BCUT2D eigenvalue weighted by Gasteiger charge is 2.31. The maximum Gasteiger partial charge on any atom is 0.254 e. The van der Waals surface area contributed by atoms with Crippen molar-refractivity contribution in [3.05, 3.63) is 29.8 Å². The standard InChI is InChI=1S/C13H16N2O2/c1-3-10-13(17)15(4-2)11-8-6-5-7-9(11)12(16)14-10/h5-8,10H,3-4H2,1-2H3,(H,14,16). The summed E-state index contributed by atoms with van der Waals surface area (Å²) in [4.78, 5) is 25.9. The van der Waals surface area contributed by atoms with Crippen molar-refractivity contribution in [1.82, 2.24) is 5.32 Å². The van der Waals surface area contributed by atoms with Gasteiger partial charge < -0.3 is 10.2 Å². The van der Waals surface area contributed by atoms with Crippen LogP contribution in [0.4, 0.5) is 5.69 Å². The van der Waals surface area contributed by atoms with Gasteiger partial charge in [-0.25, -0.2) is 0 Å². The van der Waals surface area contributed by atoms with Gasteiger partial charge in [-0.15, -0.1) is 0 Å². The summed E-state index contributed by atoms with van der Waals surface area (Å²) < 4.78 is 0. The van der Waals surface area contributed by atoms with Crippen LogP contribution in [0.1, 0.15) is 30.6 Å². The lowest BCUT2D eigenvalue weighted by Gasteiger charge is -2.23. The van der Waals surface area contributed by atoms with Crippen molar-refractivity contribution >= 4 is 17.5 Å². The number of carbonyl (C=O) groups is 2. The van der Waals surface area contributed by atoms with Gasteiger partial charge in [-0.1, -0.05) is 19.1 Å². The minimum atomic E-state index is -0.421. The first kappa shape index (κ1) is 11.6. The molecule has 4 nitrogen and oxygen atoms in total. The molecule has 17 heavy (non-hydrogen) atoms. The number of hydrogen-bond donors (Lipinski definition) is 1. The summed E-state index contributed by atoms with van der Waals surface area (Å²) in [6.07, 6.45) is 0.606. The molecule has 0 bridgehead atoms. The van der Waals surface area contributed by atoms with Gasteiger partial charge in [-0.05, 0) is 25.5 Å². The molecule has 4 heteroatoms. The summed E-state index contributed by atoms with van der Waals surface area (Å²) in [5.74, 6) is -0.204. The Kier molecular flexibility index (Phi) is 3.13. The Morgan fingerprint density at radius 1 is 1.24 bits per heavy atom. The number of rotatable bonds is 2. The number of anilines is 1. The van der Waals surface area contributed by atoms with Crippen LogP contribution in [0.15, 0.2) is 24.3 Å². The third-order valence-corrected chi connectivity index (χ3v) is 3.03. The average molecular weight is 232 g/mol. The number of nitrogens with zero attached hydrogens (tertiary/aromatic N) is 1. The molecule has 0 fully saturated rings. The Balaban J connectivity index is 2.53. The van der Waals surface area contributed by atoms with Gasteiger partial charge in [0.1, 0.15) is 6.04 Å². The summed E-state index contributed by atoms with van der Waals surface area (Å²) in [7, 11) is 0. The monoisotopic (exact) mass is 232 g/mol. The first-order valence-corrected chi connectivity index (χ1v) is 5.90. The Hall–Kier alpha value is -1.84. The molecule has 2 rings (SSSR count). The van der Waals surface area contributed by atoms with E-state index in [4.69, 9.17) is 0 Å². The second-order valence-electron chi connectivity index (χ2n) is 4.03. The number of benzene rings is 1. The second-order valence-corrected chi connectivity index (χ2v) is 4.03. The van der Waals surface area contributed by atoms with E-state index in [0.717, 1.165) is 0 Å². The minimum Gasteiger partial charge on any atom is -0.340 e. The number of amides is 2. The van der Waals surface area contributed by atoms with Crippen LogP contribution in [0, 0.1) is 0 Å². The van der Waals surface area contributed by atoms with Crippen molar-refractivity contribution in [2.24, 2.45) is 0 Å². The topological polar surface area (TPSA) is 49.4 Å². The summed E-state index contributed by atoms with van der Waals surface area (Å²) in [5.41, 5.74) is 1.27. The molecule has 0 aromatic heterocycles. The van der Waals surface area contributed by atoms with Crippen LogP contribution < -0.4 is 10.2 Å². The van der Waals surface area contributed by atoms with Gasteiger partial charge in [-0.3, -0.25) is 9.59 Å². The molecule has 1 aliphatic rings. The zero-order valence-electron chi connectivity index (χ0n) is 10.1. The minimum absolute atomic E-state index is 0.0340. The van der Waals surface area contributed by atoms with E-state index in [0.29, 0.717) is 24.2 Å². The smallest absolute Gasteiger partial charge is 0.254 e. The highest BCUT2D eigenvalue weighted by molar-refractivity contribution is 6.10. The van der Waals surface area contributed by atoms with Crippen LogP contribution in [-0.2, 0) is 4.79 Å². The Labute approximate surface area is 101 Å². The SMILES string of the molecule is CCC1NC(=O)c2ccccc2N(CC)C1=O. The van der Waals surface area contributed by atoms with E-state index >= 15 is 0 Å². The number of likely N-dealkylation sites (N-methyl/N-ethyl adjacent to an activating group) is 1. The van der Waals surface area contributed by atoms with Crippen molar-refractivity contribution in [1.29, 1.82) is 0 Å². The number of nitrogens with one attached hydrogen (secondary N) is 1. The van der Waals surface area contributed by atoms with Gasteiger partial charge in [0, 0.05) is 6.54 Å². The predicted octanol–water partition coefficient (Wildman–Crippen LogP) is 1.56. The molecule has 0 saturated carbocycles. The van der Waals surface area contributed by atoms with Crippen LogP contribution in [0.3, 0.4) is 0 Å². The molecule has 2 amide bonds. The fraction of sp³-hybridized carbons (Fsp3) is 0.385. The van der Waals surface area contributed by atoms with E-state index < -0.39 is 6.04 Å². The molecule has 90 valence electrons. The maximum absolute atomic E-state index is 12.2. The van der Waals surface area contributed by atoms with Gasteiger partial charge in [0.25, 0.3) is 5.91 Å². The van der Waals surface area contributed by atoms with Crippen LogP contribution >= 0.6 is 0 Å². The first-order valence-electron chi connectivity index (χ1n) is 5.90. The van der Waals surface area contributed by atoms with E-state index in [9.17, 15) is 9.59 Å². The number of carbonyl (C=O) groups excluding carboxylic acids is 2. The molecule has 1 unspecified atom stereocenters. The Morgan fingerprint density at radius 2 is 1.94 bits per heavy atom. The fourth-order valence-electron chi connectivity index (χ4n) is 2.11. The second kappa shape index (κ2) is 4.57. The van der Waals surface area contributed by atoms with E-state index in [2.05, 4.69) is 5.32 Å². The molecule has 0 aliphatic carbocycles. The molecule has 1 aliphatic heterocycles. The van der Waals surface area contributed by atoms with Gasteiger partial charge in [0.2, 0.25) is 5.91 Å². The number of fused-ring (bicyclic) bond motifs is 1. The molecular weight excluding hydrogens is 216 g/mol. The van der Waals surface area contributed by atoms with E-state index in [-0.39, 0.29) is 11.8 Å². The van der Waals surface area contributed by atoms with Crippen LogP contribution in [-0.4, -0.2) is 24.4 Å². The Bertz CT molecular complexity index is 456. The first-order chi connectivity index (χ1) is 8.19. The number of hydrogen-bond acceptors (Lipinski definition) is 2. The fourth-order valence-corrected chi connectivity index (χ4v) is 2.11. The van der Waals surface area contributed by atoms with Crippen molar-refractivity contribution in [2.45, 2.75) is 26.3 Å². The van der Waals surface area contributed by atoms with E-state index in [1.807, 2.05) is 32.0 Å². The third kappa shape index (κ3) is 1.90. The quantitative estimate of drug-likeness (QED) is 0.841. The van der Waals surface area contributed by atoms with Gasteiger partial charge in [0.15, 0.2) is 0 Å².